The van der Waals surface area contributed by atoms with Crippen molar-refractivity contribution in [1.29, 1.82) is 0 Å². The summed E-state index contributed by atoms with van der Waals surface area (Å²) in [6, 6.07) is 0. The van der Waals surface area contributed by atoms with E-state index >= 15 is 0 Å². The van der Waals surface area contributed by atoms with Gasteiger partial charge in [-0.1, -0.05) is 6.92 Å². The van der Waals surface area contributed by atoms with E-state index in [1.165, 1.54) is 4.68 Å². The second-order valence-electron chi connectivity index (χ2n) is 5.57. The van der Waals surface area contributed by atoms with Crippen molar-refractivity contribution in [3.8, 4) is 0 Å². The molecule has 0 fully saturated rings. The van der Waals surface area contributed by atoms with Gasteiger partial charge in [-0.25, -0.2) is 4.79 Å². The lowest BCUT2D eigenvalue weighted by molar-refractivity contribution is -0.116. The van der Waals surface area contributed by atoms with E-state index in [-0.39, 0.29) is 34.5 Å². The summed E-state index contributed by atoms with van der Waals surface area (Å²) in [4.78, 5) is 36.5. The first-order valence-electron chi connectivity index (χ1n) is 7.84. The Morgan fingerprint density at radius 1 is 1.38 bits per heavy atom. The zero-order valence-electron chi connectivity index (χ0n) is 14.6. The Morgan fingerprint density at radius 2 is 2.08 bits per heavy atom. The molecule has 2 amide bonds. The van der Waals surface area contributed by atoms with E-state index in [0.717, 1.165) is 21.5 Å². The number of carbonyl (C=O) groups excluding carboxylic acids is 3. The summed E-state index contributed by atoms with van der Waals surface area (Å²) in [6.45, 7) is 5.48. The summed E-state index contributed by atoms with van der Waals surface area (Å²) in [7, 11) is 0. The van der Waals surface area contributed by atoms with Crippen molar-refractivity contribution in [2.75, 3.05) is 11.9 Å². The number of nitrogens with zero attached hydrogens (tertiary/aromatic N) is 2. The average Bonchev–Trinajstić information content (AvgIpc) is 3.04. The van der Waals surface area contributed by atoms with Gasteiger partial charge in [0, 0.05) is 6.20 Å². The predicted octanol–water partition coefficient (Wildman–Crippen LogP) is 2.63. The number of halogens is 1. The Labute approximate surface area is 162 Å². The van der Waals surface area contributed by atoms with Gasteiger partial charge < -0.3 is 15.8 Å². The fourth-order valence-electron chi connectivity index (χ4n) is 2.24. The number of esters is 1. The molecule has 2 heterocycles. The van der Waals surface area contributed by atoms with Crippen LogP contribution < -0.4 is 11.1 Å². The fourth-order valence-corrected chi connectivity index (χ4v) is 3.62. The number of aryl methyl sites for hydroxylation is 1. The number of carbonyl (C=O) groups is 3. The highest BCUT2D eigenvalue weighted by Crippen LogP contribution is 2.33. The van der Waals surface area contributed by atoms with Crippen LogP contribution in [0.15, 0.2) is 10.7 Å². The maximum absolute atomic E-state index is 12.3. The molecule has 3 N–H and O–H groups in total. The molecular formula is C16H19BrN4O4S. The number of aromatic nitrogens is 2. The van der Waals surface area contributed by atoms with Crippen LogP contribution in [0, 0.1) is 13.8 Å². The number of anilines is 1. The number of ether oxygens (including phenoxy) is 1. The van der Waals surface area contributed by atoms with Crippen molar-refractivity contribution in [3.63, 3.8) is 0 Å². The van der Waals surface area contributed by atoms with Gasteiger partial charge in [0.15, 0.2) is 0 Å². The molecule has 0 spiro atoms. The standard InChI is InChI=1S/C16H19BrN4O4S/c1-4-5-25-16(24)12-8(2)13(14(18)23)26-15(12)19-11(22)7-21-6-10(17)9(3)20-21/h6H,4-5,7H2,1-3H3,(H2,18,23)(H,19,22). The zero-order valence-corrected chi connectivity index (χ0v) is 17.0. The molecule has 0 aromatic carbocycles. The molecule has 0 aliphatic rings. The molecule has 0 aliphatic heterocycles. The quantitative estimate of drug-likeness (QED) is 0.639. The zero-order chi connectivity index (χ0) is 19.4. The lowest BCUT2D eigenvalue weighted by atomic mass is 10.1. The number of thiophene rings is 1. The normalized spacial score (nSPS) is 10.6. The number of primary amides is 1. The van der Waals surface area contributed by atoms with Crippen LogP contribution >= 0.6 is 27.3 Å². The molecule has 2 aromatic heterocycles. The minimum atomic E-state index is -0.663. The van der Waals surface area contributed by atoms with Crippen molar-refractivity contribution in [2.45, 2.75) is 33.7 Å². The molecule has 2 aromatic rings. The largest absolute Gasteiger partial charge is 0.462 e. The van der Waals surface area contributed by atoms with Crippen LogP contribution in [-0.2, 0) is 16.1 Å². The maximum Gasteiger partial charge on any atom is 0.341 e. The monoisotopic (exact) mass is 442 g/mol. The first-order valence-corrected chi connectivity index (χ1v) is 9.45. The molecule has 2 rings (SSSR count). The summed E-state index contributed by atoms with van der Waals surface area (Å²) in [5.41, 5.74) is 6.67. The van der Waals surface area contributed by atoms with Gasteiger partial charge >= 0.3 is 5.97 Å². The SMILES string of the molecule is CCCOC(=O)c1c(NC(=O)Cn2cc(Br)c(C)n2)sc(C(N)=O)c1C. The Morgan fingerprint density at radius 3 is 2.62 bits per heavy atom. The van der Waals surface area contributed by atoms with Crippen LogP contribution in [0.2, 0.25) is 0 Å². The number of hydrogen-bond donors (Lipinski definition) is 2. The van der Waals surface area contributed by atoms with E-state index < -0.39 is 11.9 Å². The van der Waals surface area contributed by atoms with Gasteiger partial charge in [0.05, 0.1) is 27.2 Å². The molecule has 10 heteroatoms. The van der Waals surface area contributed by atoms with E-state index in [0.29, 0.717) is 12.0 Å². The topological polar surface area (TPSA) is 116 Å². The second-order valence-corrected chi connectivity index (χ2v) is 7.44. The summed E-state index contributed by atoms with van der Waals surface area (Å²) in [5.74, 6) is -1.65. The van der Waals surface area contributed by atoms with Crippen molar-refractivity contribution < 1.29 is 19.1 Å². The summed E-state index contributed by atoms with van der Waals surface area (Å²) >= 11 is 4.29. The third-order valence-corrected chi connectivity index (χ3v) is 5.46. The third kappa shape index (κ3) is 4.50. The molecule has 0 saturated heterocycles. The molecule has 140 valence electrons. The Hall–Kier alpha value is -2.20. The first-order chi connectivity index (χ1) is 12.2. The Kier molecular flexibility index (Phi) is 6.54. The average molecular weight is 443 g/mol. The lowest BCUT2D eigenvalue weighted by Crippen LogP contribution is -2.20. The van der Waals surface area contributed by atoms with Crippen molar-refractivity contribution in [3.05, 3.63) is 32.4 Å². The molecule has 0 aliphatic carbocycles. The number of nitrogens with one attached hydrogen (secondary N) is 1. The van der Waals surface area contributed by atoms with Crippen LogP contribution in [0.5, 0.6) is 0 Å². The van der Waals surface area contributed by atoms with Crippen LogP contribution in [0.25, 0.3) is 0 Å². The van der Waals surface area contributed by atoms with Gasteiger partial charge in [0.2, 0.25) is 5.91 Å². The summed E-state index contributed by atoms with van der Waals surface area (Å²) in [5, 5.41) is 7.08. The van der Waals surface area contributed by atoms with E-state index in [1.807, 2.05) is 13.8 Å². The highest BCUT2D eigenvalue weighted by molar-refractivity contribution is 9.10. The van der Waals surface area contributed by atoms with Gasteiger partial charge in [0.25, 0.3) is 5.91 Å². The van der Waals surface area contributed by atoms with Crippen LogP contribution in [0.1, 0.15) is 44.6 Å². The van der Waals surface area contributed by atoms with Crippen molar-refractivity contribution >= 4 is 50.1 Å². The Balaban J connectivity index is 2.26. The molecular weight excluding hydrogens is 424 g/mol. The highest BCUT2D eigenvalue weighted by atomic mass is 79.9. The van der Waals surface area contributed by atoms with Crippen molar-refractivity contribution in [1.82, 2.24) is 9.78 Å². The number of hydrogen-bond acceptors (Lipinski definition) is 6. The van der Waals surface area contributed by atoms with Gasteiger partial charge in [-0.05, 0) is 41.8 Å². The summed E-state index contributed by atoms with van der Waals surface area (Å²) in [6.07, 6.45) is 2.34. The molecule has 26 heavy (non-hydrogen) atoms. The predicted molar refractivity (Wildman–Crippen MR) is 101 cm³/mol. The smallest absolute Gasteiger partial charge is 0.341 e. The molecule has 0 atom stereocenters. The van der Waals surface area contributed by atoms with Crippen LogP contribution in [0.4, 0.5) is 5.00 Å². The number of nitrogens with two attached hydrogens (primary N) is 1. The molecule has 0 unspecified atom stereocenters. The van der Waals surface area contributed by atoms with Gasteiger partial charge in [-0.15, -0.1) is 11.3 Å². The van der Waals surface area contributed by atoms with Crippen molar-refractivity contribution in [2.24, 2.45) is 5.73 Å². The number of rotatable bonds is 7. The lowest BCUT2D eigenvalue weighted by Gasteiger charge is -2.08. The number of amides is 2. The molecule has 0 bridgehead atoms. The Bertz CT molecular complexity index is 839. The maximum atomic E-state index is 12.3. The van der Waals surface area contributed by atoms with Gasteiger partial charge in [-0.3, -0.25) is 14.3 Å². The molecule has 0 saturated carbocycles. The van der Waals surface area contributed by atoms with Gasteiger partial charge in [-0.2, -0.15) is 5.10 Å². The minimum absolute atomic E-state index is 0.0429. The van der Waals surface area contributed by atoms with E-state index in [2.05, 4.69) is 26.3 Å². The van der Waals surface area contributed by atoms with E-state index in [1.54, 1.807) is 13.1 Å². The van der Waals surface area contributed by atoms with Crippen LogP contribution in [0.3, 0.4) is 0 Å². The van der Waals surface area contributed by atoms with E-state index in [4.69, 9.17) is 10.5 Å². The highest BCUT2D eigenvalue weighted by Gasteiger charge is 2.25. The second kappa shape index (κ2) is 8.45. The minimum Gasteiger partial charge on any atom is -0.462 e. The van der Waals surface area contributed by atoms with Gasteiger partial charge in [0.1, 0.15) is 11.5 Å². The summed E-state index contributed by atoms with van der Waals surface area (Å²) < 4.78 is 7.41. The molecule has 8 nitrogen and oxygen atoms in total. The van der Waals surface area contributed by atoms with E-state index in [9.17, 15) is 14.4 Å². The third-order valence-electron chi connectivity index (χ3n) is 3.46. The fraction of sp³-hybridized carbons (Fsp3) is 0.375. The first kappa shape index (κ1) is 20.1. The molecule has 0 radical (unpaired) electrons. The van der Waals surface area contributed by atoms with Crippen LogP contribution in [-0.4, -0.2) is 34.2 Å².